The highest BCUT2D eigenvalue weighted by molar-refractivity contribution is 5.05. The van der Waals surface area contributed by atoms with E-state index in [0.717, 1.165) is 51.6 Å². The first-order chi connectivity index (χ1) is 6.85. The molecular weight excluding hydrogens is 178 g/mol. The molecule has 1 saturated heterocycles. The molecule has 78 valence electrons. The normalized spacial score (nSPS) is 31.2. The molecule has 0 aromatic rings. The minimum Gasteiger partial charge on any atom is -0.353 e. The number of rotatable bonds is 2. The van der Waals surface area contributed by atoms with E-state index in [1.807, 2.05) is 0 Å². The Morgan fingerprint density at radius 2 is 2.00 bits per heavy atom. The number of hydrogen-bond acceptors (Lipinski definition) is 3. The van der Waals surface area contributed by atoms with Crippen molar-refractivity contribution in [2.75, 3.05) is 6.61 Å². The van der Waals surface area contributed by atoms with E-state index in [0.29, 0.717) is 0 Å². The van der Waals surface area contributed by atoms with Gasteiger partial charge in [0.2, 0.25) is 0 Å². The maximum atomic E-state index is 9.12. The van der Waals surface area contributed by atoms with Crippen molar-refractivity contribution in [1.29, 1.82) is 5.26 Å². The van der Waals surface area contributed by atoms with Crippen LogP contribution in [-0.4, -0.2) is 18.5 Å². The topological polar surface area (TPSA) is 42.2 Å². The lowest BCUT2D eigenvalue weighted by molar-refractivity contribution is -0.207. The first-order valence-electron chi connectivity index (χ1n) is 5.55. The van der Waals surface area contributed by atoms with Gasteiger partial charge in [-0.2, -0.15) is 5.26 Å². The minimum atomic E-state index is -0.526. The molecule has 3 heteroatoms. The Bertz CT molecular complexity index is 222. The Kier molecular flexibility index (Phi) is 3.05. The van der Waals surface area contributed by atoms with Gasteiger partial charge in [0.15, 0.2) is 11.9 Å². The highest BCUT2D eigenvalue weighted by atomic mass is 16.7. The number of hydrogen-bond donors (Lipinski definition) is 0. The van der Waals surface area contributed by atoms with Crippen LogP contribution in [0.4, 0.5) is 0 Å². The second-order valence-corrected chi connectivity index (χ2v) is 4.23. The summed E-state index contributed by atoms with van der Waals surface area (Å²) >= 11 is 0. The lowest BCUT2D eigenvalue weighted by Crippen LogP contribution is -2.35. The zero-order valence-corrected chi connectivity index (χ0v) is 8.50. The molecule has 0 N–H and O–H groups in total. The molecule has 0 radical (unpaired) electrons. The maximum absolute atomic E-state index is 9.12. The Labute approximate surface area is 85.0 Å². The summed E-state index contributed by atoms with van der Waals surface area (Å²) in [4.78, 5) is 0. The van der Waals surface area contributed by atoms with Gasteiger partial charge < -0.3 is 9.47 Å². The SMILES string of the molecule is N#CC1(OC2CCCCO2)CCCC1. The standard InChI is InChI=1S/C11H17NO2/c12-9-11(6-2-3-7-11)14-10-5-1-4-8-13-10/h10H,1-8H2. The number of nitrogens with zero attached hydrogens (tertiary/aromatic N) is 1. The van der Waals surface area contributed by atoms with Gasteiger partial charge in [-0.05, 0) is 44.9 Å². The van der Waals surface area contributed by atoms with Gasteiger partial charge in [0, 0.05) is 6.61 Å². The summed E-state index contributed by atoms with van der Waals surface area (Å²) in [5.41, 5.74) is -0.526. The van der Waals surface area contributed by atoms with Gasteiger partial charge >= 0.3 is 0 Å². The van der Waals surface area contributed by atoms with Crippen LogP contribution >= 0.6 is 0 Å². The molecule has 3 nitrogen and oxygen atoms in total. The molecule has 1 unspecified atom stereocenters. The average molecular weight is 195 g/mol. The molecule has 0 amide bonds. The zero-order valence-electron chi connectivity index (χ0n) is 8.50. The highest BCUT2D eigenvalue weighted by Crippen LogP contribution is 2.35. The number of nitriles is 1. The molecule has 0 spiro atoms. The van der Waals surface area contributed by atoms with Crippen molar-refractivity contribution in [2.24, 2.45) is 0 Å². The summed E-state index contributed by atoms with van der Waals surface area (Å²) in [6.07, 6.45) is 7.09. The predicted molar refractivity (Wildman–Crippen MR) is 51.5 cm³/mol. The molecule has 1 aliphatic heterocycles. The monoisotopic (exact) mass is 195 g/mol. The van der Waals surface area contributed by atoms with E-state index in [-0.39, 0.29) is 6.29 Å². The Hall–Kier alpha value is -0.590. The van der Waals surface area contributed by atoms with Crippen molar-refractivity contribution < 1.29 is 9.47 Å². The van der Waals surface area contributed by atoms with E-state index in [1.165, 1.54) is 0 Å². The lowest BCUT2D eigenvalue weighted by atomic mass is 10.0. The van der Waals surface area contributed by atoms with Gasteiger partial charge in [-0.25, -0.2) is 0 Å². The Balaban J connectivity index is 1.90. The smallest absolute Gasteiger partial charge is 0.159 e. The molecule has 1 saturated carbocycles. The Morgan fingerprint density at radius 3 is 2.57 bits per heavy atom. The summed E-state index contributed by atoms with van der Waals surface area (Å²) in [6.45, 7) is 0.784. The Morgan fingerprint density at radius 1 is 1.21 bits per heavy atom. The van der Waals surface area contributed by atoms with Crippen molar-refractivity contribution >= 4 is 0 Å². The highest BCUT2D eigenvalue weighted by Gasteiger charge is 2.37. The van der Waals surface area contributed by atoms with Gasteiger partial charge in [-0.15, -0.1) is 0 Å². The third kappa shape index (κ3) is 2.08. The van der Waals surface area contributed by atoms with Gasteiger partial charge in [0.1, 0.15) is 0 Å². The summed E-state index contributed by atoms with van der Waals surface area (Å²) in [5, 5.41) is 9.12. The van der Waals surface area contributed by atoms with Crippen LogP contribution in [0.25, 0.3) is 0 Å². The molecule has 0 aromatic heterocycles. The molecule has 1 heterocycles. The van der Waals surface area contributed by atoms with Crippen molar-refractivity contribution in [3.63, 3.8) is 0 Å². The van der Waals surface area contributed by atoms with Crippen molar-refractivity contribution in [1.82, 2.24) is 0 Å². The van der Waals surface area contributed by atoms with Crippen LogP contribution in [0.2, 0.25) is 0 Å². The van der Waals surface area contributed by atoms with Crippen molar-refractivity contribution in [3.8, 4) is 6.07 Å². The van der Waals surface area contributed by atoms with E-state index in [4.69, 9.17) is 14.7 Å². The predicted octanol–water partition coefficient (Wildman–Crippen LogP) is 2.37. The van der Waals surface area contributed by atoms with E-state index in [9.17, 15) is 0 Å². The quantitative estimate of drug-likeness (QED) is 0.679. The minimum absolute atomic E-state index is 0.124. The van der Waals surface area contributed by atoms with E-state index >= 15 is 0 Å². The summed E-state index contributed by atoms with van der Waals surface area (Å²) < 4.78 is 11.3. The molecule has 2 aliphatic rings. The van der Waals surface area contributed by atoms with E-state index in [1.54, 1.807) is 0 Å². The summed E-state index contributed by atoms with van der Waals surface area (Å²) in [6, 6.07) is 2.32. The molecule has 0 aromatic carbocycles. The van der Waals surface area contributed by atoms with Crippen molar-refractivity contribution in [3.05, 3.63) is 0 Å². The third-order valence-corrected chi connectivity index (χ3v) is 3.11. The second kappa shape index (κ2) is 4.29. The van der Waals surface area contributed by atoms with Gasteiger partial charge in [0.05, 0.1) is 6.07 Å². The van der Waals surface area contributed by atoms with Gasteiger partial charge in [-0.3, -0.25) is 0 Å². The van der Waals surface area contributed by atoms with Crippen LogP contribution < -0.4 is 0 Å². The number of ether oxygens (including phenoxy) is 2. The van der Waals surface area contributed by atoms with Crippen molar-refractivity contribution in [2.45, 2.75) is 56.8 Å². The molecule has 2 fully saturated rings. The van der Waals surface area contributed by atoms with E-state index < -0.39 is 5.60 Å². The lowest BCUT2D eigenvalue weighted by Gasteiger charge is -2.30. The molecule has 2 rings (SSSR count). The largest absolute Gasteiger partial charge is 0.353 e. The first-order valence-corrected chi connectivity index (χ1v) is 5.55. The average Bonchev–Trinajstić information content (AvgIpc) is 2.69. The van der Waals surface area contributed by atoms with Crippen LogP contribution in [-0.2, 0) is 9.47 Å². The zero-order chi connectivity index (χ0) is 9.86. The van der Waals surface area contributed by atoms with Crippen LogP contribution in [0.3, 0.4) is 0 Å². The molecule has 0 bridgehead atoms. The maximum Gasteiger partial charge on any atom is 0.159 e. The van der Waals surface area contributed by atoms with Crippen LogP contribution in [0, 0.1) is 11.3 Å². The molecule has 14 heavy (non-hydrogen) atoms. The summed E-state index contributed by atoms with van der Waals surface area (Å²) in [5.74, 6) is 0. The third-order valence-electron chi connectivity index (χ3n) is 3.11. The molecule has 1 aliphatic carbocycles. The van der Waals surface area contributed by atoms with Crippen LogP contribution in [0.1, 0.15) is 44.9 Å². The summed E-state index contributed by atoms with van der Waals surface area (Å²) in [7, 11) is 0. The fraction of sp³-hybridized carbons (Fsp3) is 0.909. The molecular formula is C11H17NO2. The first kappa shape index (κ1) is 9.95. The van der Waals surface area contributed by atoms with Crippen LogP contribution in [0.15, 0.2) is 0 Å². The second-order valence-electron chi connectivity index (χ2n) is 4.23. The van der Waals surface area contributed by atoms with Gasteiger partial charge in [0.25, 0.3) is 0 Å². The fourth-order valence-corrected chi connectivity index (χ4v) is 2.26. The fourth-order valence-electron chi connectivity index (χ4n) is 2.26. The van der Waals surface area contributed by atoms with Crippen LogP contribution in [0.5, 0.6) is 0 Å². The van der Waals surface area contributed by atoms with Gasteiger partial charge in [-0.1, -0.05) is 0 Å². The van der Waals surface area contributed by atoms with E-state index in [2.05, 4.69) is 6.07 Å². The molecule has 1 atom stereocenters.